The fourth-order valence-electron chi connectivity index (χ4n) is 1.92. The number of benzene rings is 1. The molecule has 1 aromatic carbocycles. The van der Waals surface area contributed by atoms with E-state index in [0.29, 0.717) is 6.54 Å². The lowest BCUT2D eigenvalue weighted by Gasteiger charge is -2.01. The van der Waals surface area contributed by atoms with E-state index in [4.69, 9.17) is 5.73 Å². The Morgan fingerprint density at radius 1 is 1.10 bits per heavy atom. The molecule has 106 valence electrons. The maximum absolute atomic E-state index is 5.59. The largest absolute Gasteiger partial charge is 0.330 e. The first-order valence-electron chi connectivity index (χ1n) is 5.88. The Labute approximate surface area is 134 Å². The molecule has 3 rings (SSSR count). The summed E-state index contributed by atoms with van der Waals surface area (Å²) in [4.78, 5) is 9.91. The van der Waals surface area contributed by atoms with Crippen molar-refractivity contribution in [1.82, 2.24) is 9.97 Å². The highest BCUT2D eigenvalue weighted by molar-refractivity contribution is 7.21. The van der Waals surface area contributed by atoms with Crippen molar-refractivity contribution in [2.75, 3.05) is 6.54 Å². The third-order valence-electron chi connectivity index (χ3n) is 2.77. The lowest BCUT2D eigenvalue weighted by molar-refractivity contribution is 0.969. The maximum atomic E-state index is 5.59. The molecule has 0 unspecified atom stereocenters. The van der Waals surface area contributed by atoms with Gasteiger partial charge in [-0.05, 0) is 36.7 Å². The summed E-state index contributed by atoms with van der Waals surface area (Å²) in [6, 6.07) is 12.3. The quantitative estimate of drug-likeness (QED) is 0.797. The first kappa shape index (κ1) is 16.9. The number of aromatic nitrogens is 2. The second-order valence-electron chi connectivity index (χ2n) is 4.09. The van der Waals surface area contributed by atoms with Gasteiger partial charge in [0.05, 0.1) is 0 Å². The van der Waals surface area contributed by atoms with Gasteiger partial charge in [-0.15, -0.1) is 24.8 Å². The van der Waals surface area contributed by atoms with E-state index in [1.54, 1.807) is 17.5 Å². The Kier molecular flexibility index (Phi) is 6.36. The number of pyridine rings is 1. The molecule has 0 fully saturated rings. The summed E-state index contributed by atoms with van der Waals surface area (Å²) in [5.74, 6) is 0. The van der Waals surface area contributed by atoms with Crippen LogP contribution in [0.1, 0.15) is 5.56 Å². The zero-order valence-electron chi connectivity index (χ0n) is 10.7. The number of thiazole rings is 1. The molecule has 0 aliphatic heterocycles. The summed E-state index contributed by atoms with van der Waals surface area (Å²) in [6.45, 7) is 0.671. The molecule has 2 aromatic heterocycles. The molecule has 2 heterocycles. The van der Waals surface area contributed by atoms with E-state index in [0.717, 1.165) is 27.3 Å². The van der Waals surface area contributed by atoms with Crippen LogP contribution in [0.2, 0.25) is 0 Å². The fraction of sp³-hybridized carbons (Fsp3) is 0.143. The average molecular weight is 328 g/mol. The predicted molar refractivity (Wildman–Crippen MR) is 90.1 cm³/mol. The lowest BCUT2D eigenvalue weighted by atomic mass is 10.1. The van der Waals surface area contributed by atoms with Crippen molar-refractivity contribution in [1.29, 1.82) is 0 Å². The molecular weight excluding hydrogens is 313 g/mol. The molecule has 0 saturated heterocycles. The van der Waals surface area contributed by atoms with Crippen molar-refractivity contribution in [2.45, 2.75) is 6.42 Å². The topological polar surface area (TPSA) is 51.8 Å². The van der Waals surface area contributed by atoms with Crippen LogP contribution in [0.15, 0.2) is 42.6 Å². The van der Waals surface area contributed by atoms with E-state index in [9.17, 15) is 0 Å². The molecule has 0 amide bonds. The van der Waals surface area contributed by atoms with Gasteiger partial charge in [0.25, 0.3) is 0 Å². The Morgan fingerprint density at radius 2 is 1.95 bits per heavy atom. The van der Waals surface area contributed by atoms with E-state index in [1.807, 2.05) is 12.1 Å². The molecule has 0 aliphatic rings. The zero-order chi connectivity index (χ0) is 12.4. The number of nitrogens with zero attached hydrogens (tertiary/aromatic N) is 2. The zero-order valence-corrected chi connectivity index (χ0v) is 13.1. The molecule has 0 spiro atoms. The number of hydrogen-bond acceptors (Lipinski definition) is 4. The van der Waals surface area contributed by atoms with Gasteiger partial charge >= 0.3 is 0 Å². The number of nitrogens with two attached hydrogens (primary N) is 1. The van der Waals surface area contributed by atoms with Gasteiger partial charge in [-0.25, -0.2) is 9.97 Å². The Balaban J connectivity index is 0.000001000. The van der Waals surface area contributed by atoms with E-state index in [2.05, 4.69) is 34.2 Å². The second kappa shape index (κ2) is 7.55. The van der Waals surface area contributed by atoms with Gasteiger partial charge < -0.3 is 5.73 Å². The minimum Gasteiger partial charge on any atom is -0.330 e. The molecule has 3 aromatic rings. The van der Waals surface area contributed by atoms with Crippen LogP contribution >= 0.6 is 36.2 Å². The molecule has 6 heteroatoms. The van der Waals surface area contributed by atoms with Crippen molar-refractivity contribution in [2.24, 2.45) is 5.73 Å². The number of rotatable bonds is 3. The summed E-state index contributed by atoms with van der Waals surface area (Å²) in [5.41, 5.74) is 8.94. The highest BCUT2D eigenvalue weighted by atomic mass is 35.5. The summed E-state index contributed by atoms with van der Waals surface area (Å²) in [5, 5.41) is 1.02. The highest BCUT2D eigenvalue weighted by Crippen LogP contribution is 2.29. The summed E-state index contributed by atoms with van der Waals surface area (Å²) < 4.78 is 0. The fourth-order valence-corrected chi connectivity index (χ4v) is 2.82. The van der Waals surface area contributed by atoms with Crippen LogP contribution in [-0.2, 0) is 6.42 Å². The van der Waals surface area contributed by atoms with Crippen LogP contribution in [-0.4, -0.2) is 16.5 Å². The van der Waals surface area contributed by atoms with Crippen molar-refractivity contribution in [3.63, 3.8) is 0 Å². The Bertz CT molecular complexity index is 652. The van der Waals surface area contributed by atoms with E-state index < -0.39 is 0 Å². The van der Waals surface area contributed by atoms with Crippen LogP contribution in [0.25, 0.3) is 20.9 Å². The predicted octanol–water partition coefficient (Wildman–Crippen LogP) is 3.70. The van der Waals surface area contributed by atoms with E-state index >= 15 is 0 Å². The number of hydrogen-bond donors (Lipinski definition) is 1. The molecule has 0 bridgehead atoms. The van der Waals surface area contributed by atoms with Crippen LogP contribution < -0.4 is 5.73 Å². The molecule has 0 atom stereocenters. The second-order valence-corrected chi connectivity index (χ2v) is 5.06. The van der Waals surface area contributed by atoms with Crippen molar-refractivity contribution < 1.29 is 0 Å². The van der Waals surface area contributed by atoms with Crippen molar-refractivity contribution in [3.8, 4) is 10.6 Å². The van der Waals surface area contributed by atoms with Crippen LogP contribution in [0.4, 0.5) is 0 Å². The molecule has 0 saturated carbocycles. The normalized spacial score (nSPS) is 9.85. The highest BCUT2D eigenvalue weighted by Gasteiger charge is 2.06. The van der Waals surface area contributed by atoms with Crippen LogP contribution in [0, 0.1) is 0 Å². The summed E-state index contributed by atoms with van der Waals surface area (Å²) >= 11 is 1.62. The van der Waals surface area contributed by atoms with Gasteiger partial charge in [0, 0.05) is 11.8 Å². The summed E-state index contributed by atoms with van der Waals surface area (Å²) in [7, 11) is 0. The minimum absolute atomic E-state index is 0. The smallest absolute Gasteiger partial charge is 0.143 e. The third-order valence-corrected chi connectivity index (χ3v) is 3.80. The van der Waals surface area contributed by atoms with Gasteiger partial charge in [0.15, 0.2) is 0 Å². The molecule has 3 nitrogen and oxygen atoms in total. The van der Waals surface area contributed by atoms with Gasteiger partial charge in [-0.1, -0.05) is 29.5 Å². The first-order valence-corrected chi connectivity index (χ1v) is 6.69. The minimum atomic E-state index is 0. The SMILES string of the molecule is Cl.Cl.NCCc1cccc(-c2nc3cccnc3s2)c1. The average Bonchev–Trinajstić information content (AvgIpc) is 2.83. The Morgan fingerprint density at radius 3 is 2.70 bits per heavy atom. The van der Waals surface area contributed by atoms with Gasteiger partial charge in [0.1, 0.15) is 15.4 Å². The molecule has 2 N–H and O–H groups in total. The first-order chi connectivity index (χ1) is 8.86. The van der Waals surface area contributed by atoms with Crippen LogP contribution in [0.5, 0.6) is 0 Å². The standard InChI is InChI=1S/C14H13N3S.2ClH/c15-7-6-10-3-1-4-11(9-10)13-17-12-5-2-8-16-14(12)18-13;;/h1-5,8-9H,6-7,15H2;2*1H. The van der Waals surface area contributed by atoms with Crippen molar-refractivity contribution in [3.05, 3.63) is 48.2 Å². The monoisotopic (exact) mass is 327 g/mol. The van der Waals surface area contributed by atoms with E-state index in [1.165, 1.54) is 5.56 Å². The molecular formula is C14H15Cl2N3S. The third kappa shape index (κ3) is 3.46. The van der Waals surface area contributed by atoms with Crippen LogP contribution in [0.3, 0.4) is 0 Å². The van der Waals surface area contributed by atoms with Crippen molar-refractivity contribution >= 4 is 46.5 Å². The summed E-state index contributed by atoms with van der Waals surface area (Å²) in [6.07, 6.45) is 2.70. The van der Waals surface area contributed by atoms with Gasteiger partial charge in [0.2, 0.25) is 0 Å². The lowest BCUT2D eigenvalue weighted by Crippen LogP contribution is -2.02. The van der Waals surface area contributed by atoms with Gasteiger partial charge in [-0.3, -0.25) is 0 Å². The maximum Gasteiger partial charge on any atom is 0.143 e. The number of fused-ring (bicyclic) bond motifs is 1. The molecule has 20 heavy (non-hydrogen) atoms. The number of halogens is 2. The van der Waals surface area contributed by atoms with Gasteiger partial charge in [-0.2, -0.15) is 0 Å². The molecule has 0 aliphatic carbocycles. The van der Waals surface area contributed by atoms with E-state index in [-0.39, 0.29) is 24.8 Å². The Hall–Kier alpha value is -1.20. The molecule has 0 radical (unpaired) electrons.